The van der Waals surface area contributed by atoms with Gasteiger partial charge in [-0.25, -0.2) is 4.79 Å². The number of hydrogen-bond acceptors (Lipinski definition) is 4. The molecule has 0 amide bonds. The summed E-state index contributed by atoms with van der Waals surface area (Å²) in [5.74, 6) is -0.965. The molecule has 1 heterocycles. The fourth-order valence-corrected chi connectivity index (χ4v) is 3.18. The number of rotatable bonds is 3. The Labute approximate surface area is 114 Å². The Kier molecular flexibility index (Phi) is 3.63. The van der Waals surface area contributed by atoms with E-state index in [1.54, 1.807) is 11.8 Å². The van der Waals surface area contributed by atoms with Crippen LogP contribution in [0.2, 0.25) is 0 Å². The van der Waals surface area contributed by atoms with Crippen LogP contribution in [-0.2, 0) is 0 Å². The van der Waals surface area contributed by atoms with E-state index >= 15 is 0 Å². The zero-order valence-corrected chi connectivity index (χ0v) is 11.7. The van der Waals surface area contributed by atoms with Crippen molar-refractivity contribution in [2.45, 2.75) is 11.8 Å². The standard InChI is InChI=1S/C13H13NO2S2/c1-7-10(14)12(13(15)16)18-11(7)8-3-5-9(17-2)6-4-8/h3-6H,14H2,1-2H3,(H,15,16). The Morgan fingerprint density at radius 3 is 2.39 bits per heavy atom. The number of aromatic carboxylic acids is 1. The number of carboxylic acids is 1. The normalized spacial score (nSPS) is 10.6. The number of carboxylic acid groups (broad SMARTS) is 1. The number of nitrogen functional groups attached to an aromatic ring is 1. The van der Waals surface area contributed by atoms with Crippen molar-refractivity contribution in [3.8, 4) is 10.4 Å². The zero-order chi connectivity index (χ0) is 13.3. The van der Waals surface area contributed by atoms with Crippen LogP contribution >= 0.6 is 23.1 Å². The van der Waals surface area contributed by atoms with E-state index in [2.05, 4.69) is 0 Å². The fraction of sp³-hybridized carbons (Fsp3) is 0.154. The van der Waals surface area contributed by atoms with E-state index < -0.39 is 5.97 Å². The van der Waals surface area contributed by atoms with Crippen LogP contribution in [0.1, 0.15) is 15.2 Å². The van der Waals surface area contributed by atoms with Gasteiger partial charge in [0.05, 0.1) is 5.69 Å². The van der Waals surface area contributed by atoms with E-state index in [0.717, 1.165) is 16.0 Å². The second-order valence-corrected chi connectivity index (χ2v) is 5.73. The summed E-state index contributed by atoms with van der Waals surface area (Å²) in [6, 6.07) is 8.04. The van der Waals surface area contributed by atoms with Gasteiger partial charge in [-0.1, -0.05) is 12.1 Å². The third-order valence-electron chi connectivity index (χ3n) is 2.74. The number of anilines is 1. The molecule has 0 bridgehead atoms. The molecule has 0 radical (unpaired) electrons. The molecule has 0 unspecified atom stereocenters. The Bertz CT molecular complexity index is 588. The van der Waals surface area contributed by atoms with Crippen molar-refractivity contribution in [2.75, 3.05) is 12.0 Å². The molecule has 0 atom stereocenters. The van der Waals surface area contributed by atoms with Crippen molar-refractivity contribution in [1.29, 1.82) is 0 Å². The molecular formula is C13H13NO2S2. The molecule has 2 rings (SSSR count). The van der Waals surface area contributed by atoms with Gasteiger partial charge in [-0.05, 0) is 36.4 Å². The number of thiophene rings is 1. The van der Waals surface area contributed by atoms with E-state index in [9.17, 15) is 4.79 Å². The van der Waals surface area contributed by atoms with Crippen molar-refractivity contribution >= 4 is 34.8 Å². The van der Waals surface area contributed by atoms with Crippen LogP contribution in [-0.4, -0.2) is 17.3 Å². The van der Waals surface area contributed by atoms with Gasteiger partial charge in [0.2, 0.25) is 0 Å². The Morgan fingerprint density at radius 1 is 1.33 bits per heavy atom. The molecule has 94 valence electrons. The molecule has 0 saturated carbocycles. The van der Waals surface area contributed by atoms with Crippen LogP contribution in [0.25, 0.3) is 10.4 Å². The first-order chi connectivity index (χ1) is 8.54. The molecule has 18 heavy (non-hydrogen) atoms. The first-order valence-electron chi connectivity index (χ1n) is 5.31. The maximum Gasteiger partial charge on any atom is 0.348 e. The second-order valence-electron chi connectivity index (χ2n) is 3.83. The zero-order valence-electron chi connectivity index (χ0n) is 10.1. The van der Waals surface area contributed by atoms with E-state index in [1.807, 2.05) is 37.4 Å². The van der Waals surface area contributed by atoms with Crippen LogP contribution in [0.4, 0.5) is 5.69 Å². The fourth-order valence-electron chi connectivity index (χ4n) is 1.70. The van der Waals surface area contributed by atoms with Gasteiger partial charge in [0.1, 0.15) is 4.88 Å². The van der Waals surface area contributed by atoms with Crippen LogP contribution in [0.15, 0.2) is 29.2 Å². The Hall–Kier alpha value is -1.46. The van der Waals surface area contributed by atoms with E-state index in [1.165, 1.54) is 16.2 Å². The predicted octanol–water partition coefficient (Wildman–Crippen LogP) is 3.73. The van der Waals surface area contributed by atoms with Crippen molar-refractivity contribution in [3.05, 3.63) is 34.7 Å². The van der Waals surface area contributed by atoms with E-state index in [0.29, 0.717) is 5.69 Å². The molecule has 0 fully saturated rings. The molecular weight excluding hydrogens is 266 g/mol. The lowest BCUT2D eigenvalue weighted by Crippen LogP contribution is -1.97. The van der Waals surface area contributed by atoms with Gasteiger partial charge in [0, 0.05) is 9.77 Å². The topological polar surface area (TPSA) is 63.3 Å². The number of nitrogens with two attached hydrogens (primary N) is 1. The first kappa shape index (κ1) is 13.0. The molecule has 0 spiro atoms. The molecule has 0 saturated heterocycles. The highest BCUT2D eigenvalue weighted by Crippen LogP contribution is 2.38. The average molecular weight is 279 g/mol. The Morgan fingerprint density at radius 2 is 1.94 bits per heavy atom. The van der Waals surface area contributed by atoms with Crippen LogP contribution in [0, 0.1) is 6.92 Å². The molecule has 0 aliphatic rings. The van der Waals surface area contributed by atoms with Gasteiger partial charge in [-0.3, -0.25) is 0 Å². The number of carbonyl (C=O) groups is 1. The molecule has 1 aromatic carbocycles. The lowest BCUT2D eigenvalue weighted by Gasteiger charge is -2.01. The summed E-state index contributed by atoms with van der Waals surface area (Å²) in [6.07, 6.45) is 2.02. The van der Waals surface area contributed by atoms with Gasteiger partial charge < -0.3 is 10.8 Å². The summed E-state index contributed by atoms with van der Waals surface area (Å²) in [6.45, 7) is 1.86. The SMILES string of the molecule is CSc1ccc(-c2sc(C(=O)O)c(N)c2C)cc1. The summed E-state index contributed by atoms with van der Waals surface area (Å²) < 4.78 is 0. The van der Waals surface area contributed by atoms with Crippen molar-refractivity contribution in [3.63, 3.8) is 0 Å². The van der Waals surface area contributed by atoms with Crippen molar-refractivity contribution in [1.82, 2.24) is 0 Å². The monoisotopic (exact) mass is 279 g/mol. The van der Waals surface area contributed by atoms with Crippen LogP contribution in [0.3, 0.4) is 0 Å². The molecule has 0 aliphatic heterocycles. The van der Waals surface area contributed by atoms with Crippen molar-refractivity contribution in [2.24, 2.45) is 0 Å². The summed E-state index contributed by atoms with van der Waals surface area (Å²) in [5.41, 5.74) is 8.05. The molecule has 3 N–H and O–H groups in total. The quantitative estimate of drug-likeness (QED) is 0.840. The van der Waals surface area contributed by atoms with Crippen LogP contribution < -0.4 is 5.73 Å². The van der Waals surface area contributed by atoms with E-state index in [4.69, 9.17) is 10.8 Å². The van der Waals surface area contributed by atoms with Gasteiger partial charge >= 0.3 is 5.97 Å². The minimum atomic E-state index is -0.965. The largest absolute Gasteiger partial charge is 0.477 e. The minimum Gasteiger partial charge on any atom is -0.477 e. The van der Waals surface area contributed by atoms with Gasteiger partial charge in [-0.2, -0.15) is 0 Å². The first-order valence-corrected chi connectivity index (χ1v) is 7.35. The third-order valence-corrected chi connectivity index (χ3v) is 4.83. The van der Waals surface area contributed by atoms with Gasteiger partial charge in [0.25, 0.3) is 0 Å². The molecule has 2 aromatic rings. The van der Waals surface area contributed by atoms with Crippen molar-refractivity contribution < 1.29 is 9.90 Å². The van der Waals surface area contributed by atoms with Gasteiger partial charge in [0.15, 0.2) is 0 Å². The highest BCUT2D eigenvalue weighted by atomic mass is 32.2. The molecule has 5 heteroatoms. The molecule has 1 aromatic heterocycles. The lowest BCUT2D eigenvalue weighted by atomic mass is 10.1. The smallest absolute Gasteiger partial charge is 0.348 e. The summed E-state index contributed by atoms with van der Waals surface area (Å²) >= 11 is 2.90. The summed E-state index contributed by atoms with van der Waals surface area (Å²) in [5, 5.41) is 9.06. The predicted molar refractivity (Wildman–Crippen MR) is 77.6 cm³/mol. The summed E-state index contributed by atoms with van der Waals surface area (Å²) in [4.78, 5) is 13.4. The lowest BCUT2D eigenvalue weighted by molar-refractivity contribution is 0.0703. The van der Waals surface area contributed by atoms with Gasteiger partial charge in [-0.15, -0.1) is 23.1 Å². The minimum absolute atomic E-state index is 0.219. The average Bonchev–Trinajstić information content (AvgIpc) is 2.67. The number of benzene rings is 1. The Balaban J connectivity index is 2.50. The summed E-state index contributed by atoms with van der Waals surface area (Å²) in [7, 11) is 0. The highest BCUT2D eigenvalue weighted by Gasteiger charge is 2.18. The van der Waals surface area contributed by atoms with E-state index in [-0.39, 0.29) is 4.88 Å². The third kappa shape index (κ3) is 2.23. The number of hydrogen-bond donors (Lipinski definition) is 2. The maximum absolute atomic E-state index is 11.0. The highest BCUT2D eigenvalue weighted by molar-refractivity contribution is 7.98. The number of thioether (sulfide) groups is 1. The molecule has 3 nitrogen and oxygen atoms in total. The molecule has 0 aliphatic carbocycles. The van der Waals surface area contributed by atoms with Crippen LogP contribution in [0.5, 0.6) is 0 Å². The maximum atomic E-state index is 11.0. The second kappa shape index (κ2) is 5.04.